The number of allylic oxidation sites excluding steroid dienone is 3. The maximum atomic E-state index is 5.31. The van der Waals surface area contributed by atoms with Gasteiger partial charge in [-0.1, -0.05) is 26.5 Å². The summed E-state index contributed by atoms with van der Waals surface area (Å²) in [5, 5.41) is 3.85. The van der Waals surface area contributed by atoms with E-state index in [-0.39, 0.29) is 5.54 Å². The molecule has 0 aliphatic carbocycles. The van der Waals surface area contributed by atoms with E-state index in [1.807, 2.05) is 33.0 Å². The molecular formula is C26H37ClN4O. The smallest absolute Gasteiger partial charge is 0.113 e. The minimum atomic E-state index is -0.0928. The lowest BCUT2D eigenvalue weighted by Crippen LogP contribution is -2.54. The van der Waals surface area contributed by atoms with Crippen molar-refractivity contribution in [2.24, 2.45) is 0 Å². The summed E-state index contributed by atoms with van der Waals surface area (Å²) in [6.07, 6.45) is 11.8. The van der Waals surface area contributed by atoms with Crippen LogP contribution in [0, 0.1) is 6.92 Å². The molecule has 174 valence electrons. The molecule has 0 radical (unpaired) electrons. The Morgan fingerprint density at radius 1 is 1.22 bits per heavy atom. The number of ether oxygens (including phenoxy) is 1. The quantitative estimate of drug-likeness (QED) is 0.449. The summed E-state index contributed by atoms with van der Waals surface area (Å²) in [5.41, 5.74) is 5.67. The van der Waals surface area contributed by atoms with Gasteiger partial charge in [0.15, 0.2) is 0 Å². The van der Waals surface area contributed by atoms with Crippen LogP contribution in [0.1, 0.15) is 45.0 Å². The molecule has 0 saturated carbocycles. The zero-order valence-corrected chi connectivity index (χ0v) is 21.0. The van der Waals surface area contributed by atoms with Gasteiger partial charge in [-0.25, -0.2) is 0 Å². The second-order valence-corrected chi connectivity index (χ2v) is 7.52. The van der Waals surface area contributed by atoms with E-state index in [0.29, 0.717) is 5.76 Å². The SMILES string of the molecule is C=C(/C=C1/NC2(CCN(c3ccc(C)nc3)CC2)c2cccn2/C1=C/C)OC.CC.CCl. The van der Waals surface area contributed by atoms with E-state index in [9.17, 15) is 0 Å². The summed E-state index contributed by atoms with van der Waals surface area (Å²) in [6, 6.07) is 8.62. The van der Waals surface area contributed by atoms with Crippen molar-refractivity contribution in [3.8, 4) is 0 Å². The van der Waals surface area contributed by atoms with Gasteiger partial charge in [0.2, 0.25) is 0 Å². The number of anilines is 1. The predicted octanol–water partition coefficient (Wildman–Crippen LogP) is 6.08. The Balaban J connectivity index is 0.000000860. The van der Waals surface area contributed by atoms with E-state index in [1.165, 1.54) is 17.8 Å². The average molecular weight is 457 g/mol. The summed E-state index contributed by atoms with van der Waals surface area (Å²) in [6.45, 7) is 14.0. The minimum Gasteiger partial charge on any atom is -0.497 e. The van der Waals surface area contributed by atoms with E-state index in [2.05, 4.69) is 81.4 Å². The highest BCUT2D eigenvalue weighted by molar-refractivity contribution is 6.15. The van der Waals surface area contributed by atoms with Gasteiger partial charge in [-0.15, -0.1) is 11.6 Å². The van der Waals surface area contributed by atoms with Crippen molar-refractivity contribution >= 4 is 23.0 Å². The molecule has 1 spiro atoms. The number of piperidine rings is 1. The monoisotopic (exact) mass is 456 g/mol. The van der Waals surface area contributed by atoms with Gasteiger partial charge >= 0.3 is 0 Å². The van der Waals surface area contributed by atoms with E-state index in [0.717, 1.165) is 43.0 Å². The topological polar surface area (TPSA) is 42.3 Å². The van der Waals surface area contributed by atoms with Gasteiger partial charge in [0, 0.05) is 43.1 Å². The molecule has 32 heavy (non-hydrogen) atoms. The van der Waals surface area contributed by atoms with Crippen LogP contribution in [0.15, 0.2) is 66.8 Å². The molecule has 1 N–H and O–H groups in total. The zero-order valence-electron chi connectivity index (χ0n) is 20.3. The lowest BCUT2D eigenvalue weighted by atomic mass is 9.82. The first-order valence-corrected chi connectivity index (χ1v) is 11.9. The fraction of sp³-hybridized carbons (Fsp3) is 0.423. The lowest BCUT2D eigenvalue weighted by Gasteiger charge is -2.47. The van der Waals surface area contributed by atoms with Crippen LogP contribution in [0.25, 0.3) is 5.70 Å². The Hall–Kier alpha value is -2.66. The number of aryl methyl sites for hydroxylation is 1. The number of rotatable bonds is 3. The molecular weight excluding hydrogens is 420 g/mol. The summed E-state index contributed by atoms with van der Waals surface area (Å²) in [4.78, 5) is 6.89. The van der Waals surface area contributed by atoms with Gasteiger partial charge in [0.05, 0.1) is 35.9 Å². The first-order valence-electron chi connectivity index (χ1n) is 11.2. The number of alkyl halides is 1. The average Bonchev–Trinajstić information content (AvgIpc) is 3.34. The second kappa shape index (κ2) is 11.8. The molecule has 0 amide bonds. The summed E-state index contributed by atoms with van der Waals surface area (Å²) >= 11 is 4.64. The largest absolute Gasteiger partial charge is 0.497 e. The van der Waals surface area contributed by atoms with Crippen LogP contribution in [0.4, 0.5) is 5.69 Å². The lowest BCUT2D eigenvalue weighted by molar-refractivity contribution is 0.266. The highest BCUT2D eigenvalue weighted by atomic mass is 35.5. The third-order valence-electron chi connectivity index (χ3n) is 5.87. The molecule has 1 saturated heterocycles. The van der Waals surface area contributed by atoms with Gasteiger partial charge in [-0.2, -0.15) is 0 Å². The van der Waals surface area contributed by atoms with Gasteiger partial charge < -0.3 is 19.5 Å². The van der Waals surface area contributed by atoms with Crippen LogP contribution >= 0.6 is 11.6 Å². The van der Waals surface area contributed by atoms with Crippen molar-refractivity contribution in [1.29, 1.82) is 0 Å². The van der Waals surface area contributed by atoms with Crippen LogP contribution in [0.3, 0.4) is 0 Å². The molecule has 2 aliphatic heterocycles. The van der Waals surface area contributed by atoms with E-state index in [4.69, 9.17) is 4.74 Å². The van der Waals surface area contributed by atoms with Crippen LogP contribution in [0.5, 0.6) is 0 Å². The predicted molar refractivity (Wildman–Crippen MR) is 137 cm³/mol. The first kappa shape index (κ1) is 25.6. The van der Waals surface area contributed by atoms with Crippen LogP contribution in [-0.4, -0.2) is 36.1 Å². The van der Waals surface area contributed by atoms with Crippen molar-refractivity contribution in [2.75, 3.05) is 31.5 Å². The number of hydrogen-bond acceptors (Lipinski definition) is 4. The van der Waals surface area contributed by atoms with Gasteiger partial charge in [0.25, 0.3) is 0 Å². The van der Waals surface area contributed by atoms with Gasteiger partial charge in [-0.05, 0) is 51.0 Å². The van der Waals surface area contributed by atoms with Crippen LogP contribution in [0.2, 0.25) is 0 Å². The number of methoxy groups -OCH3 is 1. The molecule has 0 atom stereocenters. The number of halogens is 1. The van der Waals surface area contributed by atoms with Gasteiger partial charge in [0.1, 0.15) is 5.76 Å². The number of pyridine rings is 1. The zero-order chi connectivity index (χ0) is 23.7. The highest BCUT2D eigenvalue weighted by Gasteiger charge is 2.42. The van der Waals surface area contributed by atoms with Crippen LogP contribution in [-0.2, 0) is 10.3 Å². The van der Waals surface area contributed by atoms with Crippen LogP contribution < -0.4 is 10.2 Å². The molecule has 4 heterocycles. The molecule has 4 rings (SSSR count). The van der Waals surface area contributed by atoms with Crippen molar-refractivity contribution in [3.63, 3.8) is 0 Å². The van der Waals surface area contributed by atoms with Crippen molar-refractivity contribution in [3.05, 3.63) is 78.2 Å². The maximum absolute atomic E-state index is 5.31. The Kier molecular flexibility index (Phi) is 9.45. The molecule has 5 nitrogen and oxygen atoms in total. The van der Waals surface area contributed by atoms with Gasteiger partial charge in [-0.3, -0.25) is 4.98 Å². The summed E-state index contributed by atoms with van der Waals surface area (Å²) < 4.78 is 7.61. The minimum absolute atomic E-state index is 0.0928. The molecule has 1 fully saturated rings. The summed E-state index contributed by atoms with van der Waals surface area (Å²) in [5.74, 6) is 0.649. The first-order chi connectivity index (χ1) is 15.6. The van der Waals surface area contributed by atoms with E-state index >= 15 is 0 Å². The third kappa shape index (κ3) is 5.21. The Bertz CT molecular complexity index is 935. The number of nitrogens with one attached hydrogen (secondary N) is 1. The maximum Gasteiger partial charge on any atom is 0.113 e. The standard InChI is InChI=1S/C23H28N4O.C2H6.CH3Cl/c1-5-21-20(15-18(3)28-4)25-23(22-7-6-12-27(21)22)10-13-26(14-11-23)19-9-8-17(2)24-16-19;2*1-2/h5-9,12,15-16,25H,3,10-11,13-14H2,1-2,4H3;1-2H3;1H3/b20-15+,21-5+;;. The molecule has 0 bridgehead atoms. The fourth-order valence-corrected chi connectivity index (χ4v) is 4.30. The number of nitrogens with zero attached hydrogens (tertiary/aromatic N) is 3. The van der Waals surface area contributed by atoms with E-state index < -0.39 is 0 Å². The molecule has 2 aromatic heterocycles. The molecule has 2 aliphatic rings. The second-order valence-electron chi connectivity index (χ2n) is 7.52. The molecule has 6 heteroatoms. The van der Waals surface area contributed by atoms with Crippen molar-refractivity contribution in [2.45, 2.75) is 46.1 Å². The number of fused-ring (bicyclic) bond motifs is 2. The van der Waals surface area contributed by atoms with Crippen molar-refractivity contribution in [1.82, 2.24) is 14.9 Å². The summed E-state index contributed by atoms with van der Waals surface area (Å²) in [7, 11) is 1.66. The highest BCUT2D eigenvalue weighted by Crippen LogP contribution is 2.41. The molecule has 2 aromatic rings. The number of hydrogen-bond donors (Lipinski definition) is 1. The number of aromatic nitrogens is 2. The molecule has 0 aromatic carbocycles. The third-order valence-corrected chi connectivity index (χ3v) is 5.87. The Morgan fingerprint density at radius 3 is 2.47 bits per heavy atom. The van der Waals surface area contributed by atoms with E-state index in [1.54, 1.807) is 7.11 Å². The Morgan fingerprint density at radius 2 is 1.91 bits per heavy atom. The molecule has 0 unspecified atom stereocenters. The normalized spacial score (nSPS) is 18.7. The fourth-order valence-electron chi connectivity index (χ4n) is 4.30. The Labute approximate surface area is 198 Å². The van der Waals surface area contributed by atoms with Crippen molar-refractivity contribution < 1.29 is 4.74 Å².